The molecule has 0 amide bonds. The van der Waals surface area contributed by atoms with Crippen molar-refractivity contribution in [2.24, 2.45) is 23.7 Å². The van der Waals surface area contributed by atoms with Gasteiger partial charge in [-0.3, -0.25) is 4.98 Å². The normalized spacial score (nSPS) is 10.5. The van der Waals surface area contributed by atoms with E-state index in [1.165, 1.54) is 40.3 Å². The molecule has 1 aromatic carbocycles. The zero-order chi connectivity index (χ0) is 28.9. The van der Waals surface area contributed by atoms with E-state index in [4.69, 9.17) is 0 Å². The molecule has 0 fully saturated rings. The third-order valence-electron chi connectivity index (χ3n) is 5.48. The van der Waals surface area contributed by atoms with Crippen molar-refractivity contribution in [2.75, 3.05) is 0 Å². The van der Waals surface area contributed by atoms with Crippen LogP contribution in [-0.2, 0) is 25.7 Å². The average Bonchev–Trinajstić information content (AvgIpc) is 3.59. The number of hydrogen-bond donors (Lipinski definition) is 0. The van der Waals surface area contributed by atoms with Crippen molar-refractivity contribution >= 4 is 22.7 Å². The second kappa shape index (κ2) is 21.5. The summed E-state index contributed by atoms with van der Waals surface area (Å²) in [5.41, 5.74) is 2.79. The molecule has 4 aromatic rings. The van der Waals surface area contributed by atoms with E-state index in [1.807, 2.05) is 41.4 Å². The van der Waals surface area contributed by atoms with E-state index in [-0.39, 0.29) is 0 Å². The van der Waals surface area contributed by atoms with Crippen LogP contribution in [0.3, 0.4) is 0 Å². The lowest BCUT2D eigenvalue weighted by atomic mass is 10.0. The van der Waals surface area contributed by atoms with Crippen molar-refractivity contribution in [2.45, 2.75) is 87.5 Å². The first-order valence-corrected chi connectivity index (χ1v) is 16.2. The number of thiazole rings is 1. The topological polar surface area (TPSA) is 25.8 Å². The maximum Gasteiger partial charge on any atom is 0.0927 e. The summed E-state index contributed by atoms with van der Waals surface area (Å²) in [4.78, 5) is 9.74. The molecular formula is C35H52N2S2. The van der Waals surface area contributed by atoms with E-state index < -0.39 is 0 Å². The Balaban J connectivity index is 0.000000261. The molecule has 0 aliphatic heterocycles. The number of benzene rings is 1. The van der Waals surface area contributed by atoms with Gasteiger partial charge in [-0.2, -0.15) is 0 Å². The molecule has 0 spiro atoms. The molecule has 0 saturated heterocycles. The SMILES string of the molecule is CC(C)CCc1cccnc1.CC(C)Cc1ccccc1.CC(C)Cc1cccs1.CC(C)Cc1nccs1. The van der Waals surface area contributed by atoms with Crippen LogP contribution < -0.4 is 0 Å². The van der Waals surface area contributed by atoms with Crippen LogP contribution in [0.2, 0.25) is 0 Å². The van der Waals surface area contributed by atoms with Gasteiger partial charge in [-0.1, -0.05) is 97.9 Å². The minimum atomic E-state index is 0.733. The number of thiophene rings is 1. The Morgan fingerprint density at radius 2 is 1.26 bits per heavy atom. The van der Waals surface area contributed by atoms with Crippen LogP contribution in [-0.4, -0.2) is 9.97 Å². The molecule has 0 N–H and O–H groups in total. The summed E-state index contributed by atoms with van der Waals surface area (Å²) >= 11 is 3.59. The summed E-state index contributed by atoms with van der Waals surface area (Å²) in [6, 6.07) is 19.1. The minimum absolute atomic E-state index is 0.733. The summed E-state index contributed by atoms with van der Waals surface area (Å²) in [6.07, 6.45) is 11.6. The van der Waals surface area contributed by atoms with Crippen LogP contribution in [0.5, 0.6) is 0 Å². The molecule has 0 saturated carbocycles. The molecule has 0 atom stereocenters. The van der Waals surface area contributed by atoms with Crippen molar-refractivity contribution in [1.29, 1.82) is 0 Å². The quantitative estimate of drug-likeness (QED) is 0.202. The number of hydrogen-bond acceptors (Lipinski definition) is 4. The van der Waals surface area contributed by atoms with Crippen molar-refractivity contribution < 1.29 is 0 Å². The van der Waals surface area contributed by atoms with Gasteiger partial charge in [0.15, 0.2) is 0 Å². The van der Waals surface area contributed by atoms with Crippen LogP contribution in [0.15, 0.2) is 83.9 Å². The molecule has 3 heterocycles. The predicted octanol–water partition coefficient (Wildman–Crippen LogP) is 10.8. The summed E-state index contributed by atoms with van der Waals surface area (Å²) < 4.78 is 0. The van der Waals surface area contributed by atoms with E-state index in [1.54, 1.807) is 11.3 Å². The maximum absolute atomic E-state index is 4.17. The highest BCUT2D eigenvalue weighted by molar-refractivity contribution is 7.10. The molecule has 0 aliphatic rings. The minimum Gasteiger partial charge on any atom is -0.264 e. The molecule has 2 nitrogen and oxygen atoms in total. The molecule has 0 aliphatic carbocycles. The van der Waals surface area contributed by atoms with Gasteiger partial charge in [-0.05, 0) is 78.0 Å². The number of aromatic nitrogens is 2. The molecular weight excluding hydrogens is 513 g/mol. The van der Waals surface area contributed by atoms with Gasteiger partial charge in [0.25, 0.3) is 0 Å². The second-order valence-electron chi connectivity index (χ2n) is 11.6. The molecule has 0 unspecified atom stereocenters. The van der Waals surface area contributed by atoms with E-state index in [0.29, 0.717) is 0 Å². The number of rotatable bonds is 9. The van der Waals surface area contributed by atoms with Crippen molar-refractivity contribution in [3.8, 4) is 0 Å². The van der Waals surface area contributed by atoms with Gasteiger partial charge in [0.05, 0.1) is 5.01 Å². The molecule has 214 valence electrons. The largest absolute Gasteiger partial charge is 0.264 e. The summed E-state index contributed by atoms with van der Waals surface area (Å²) in [5, 5.41) is 5.42. The molecule has 3 aromatic heterocycles. The first-order chi connectivity index (χ1) is 18.7. The van der Waals surface area contributed by atoms with E-state index in [0.717, 1.165) is 36.5 Å². The molecule has 4 rings (SSSR count). The lowest BCUT2D eigenvalue weighted by Gasteiger charge is -2.02. The number of aryl methyl sites for hydroxylation is 1. The Morgan fingerprint density at radius 3 is 1.74 bits per heavy atom. The smallest absolute Gasteiger partial charge is 0.0927 e. The fourth-order valence-electron chi connectivity index (χ4n) is 3.62. The predicted molar refractivity (Wildman–Crippen MR) is 176 cm³/mol. The Labute approximate surface area is 248 Å². The lowest BCUT2D eigenvalue weighted by molar-refractivity contribution is 0.586. The van der Waals surface area contributed by atoms with E-state index in [2.05, 4.69) is 119 Å². The van der Waals surface area contributed by atoms with Crippen LogP contribution in [0.1, 0.15) is 82.8 Å². The highest BCUT2D eigenvalue weighted by atomic mass is 32.1. The monoisotopic (exact) mass is 564 g/mol. The van der Waals surface area contributed by atoms with Gasteiger partial charge in [0.2, 0.25) is 0 Å². The van der Waals surface area contributed by atoms with Gasteiger partial charge >= 0.3 is 0 Å². The molecule has 0 radical (unpaired) electrons. The zero-order valence-electron chi connectivity index (χ0n) is 25.6. The maximum atomic E-state index is 4.17. The second-order valence-corrected chi connectivity index (χ2v) is 13.6. The summed E-state index contributed by atoms with van der Waals surface area (Å²) in [7, 11) is 0. The van der Waals surface area contributed by atoms with Crippen LogP contribution in [0.25, 0.3) is 0 Å². The highest BCUT2D eigenvalue weighted by Crippen LogP contribution is 2.13. The Bertz CT molecular complexity index is 983. The number of nitrogens with zero attached hydrogens (tertiary/aromatic N) is 2. The van der Waals surface area contributed by atoms with Gasteiger partial charge in [0, 0.05) is 35.3 Å². The zero-order valence-corrected chi connectivity index (χ0v) is 27.3. The average molecular weight is 565 g/mol. The van der Waals surface area contributed by atoms with Gasteiger partial charge < -0.3 is 0 Å². The first kappa shape index (κ1) is 34.7. The van der Waals surface area contributed by atoms with Crippen LogP contribution >= 0.6 is 22.7 Å². The van der Waals surface area contributed by atoms with Crippen molar-refractivity contribution in [3.63, 3.8) is 0 Å². The molecule has 4 heteroatoms. The fraction of sp³-hybridized carbons (Fsp3) is 0.486. The van der Waals surface area contributed by atoms with Crippen LogP contribution in [0.4, 0.5) is 0 Å². The highest BCUT2D eigenvalue weighted by Gasteiger charge is 1.98. The van der Waals surface area contributed by atoms with Crippen molar-refractivity contribution in [1.82, 2.24) is 9.97 Å². The summed E-state index contributed by atoms with van der Waals surface area (Å²) in [5.74, 6) is 3.08. The lowest BCUT2D eigenvalue weighted by Crippen LogP contribution is -1.92. The van der Waals surface area contributed by atoms with E-state index in [9.17, 15) is 0 Å². The number of pyridine rings is 1. The standard InChI is InChI=1S/C10H15N.C10H14.C8H12S.C7H11NS/c1-9(2)5-6-10-4-3-7-11-8-10;1-9(2)8-10-6-4-3-5-7-10;1-7(2)6-8-4-3-5-9-8;1-6(2)5-7-8-3-4-9-7/h3-4,7-9H,5-6H2,1-2H3;3-7,9H,8H2,1-2H3;3-5,7H,6H2,1-2H3;3-4,6H,5H2,1-2H3. The van der Waals surface area contributed by atoms with E-state index >= 15 is 0 Å². The van der Waals surface area contributed by atoms with Crippen molar-refractivity contribution in [3.05, 3.63) is 105 Å². The first-order valence-electron chi connectivity index (χ1n) is 14.5. The third-order valence-corrected chi connectivity index (χ3v) is 7.18. The van der Waals surface area contributed by atoms with Gasteiger partial charge in [0.1, 0.15) is 0 Å². The Hall–Kier alpha value is -2.30. The van der Waals surface area contributed by atoms with Gasteiger partial charge in [-0.25, -0.2) is 4.98 Å². The molecule has 39 heavy (non-hydrogen) atoms. The molecule has 0 bridgehead atoms. The Kier molecular flexibility index (Phi) is 19.2. The fourth-order valence-corrected chi connectivity index (χ4v) is 5.37. The third kappa shape index (κ3) is 20.3. The van der Waals surface area contributed by atoms with Crippen LogP contribution in [0, 0.1) is 23.7 Å². The summed E-state index contributed by atoms with van der Waals surface area (Å²) in [6.45, 7) is 17.9. The van der Waals surface area contributed by atoms with Gasteiger partial charge in [-0.15, -0.1) is 22.7 Å². The Morgan fingerprint density at radius 1 is 0.590 bits per heavy atom.